The van der Waals surface area contributed by atoms with Gasteiger partial charge in [-0.2, -0.15) is 0 Å². The number of benzene rings is 3. The summed E-state index contributed by atoms with van der Waals surface area (Å²) in [6, 6.07) is 22.5. The SMILES string of the molecule is CCOc1cc(CNCc2ccccc2)cc(Cl)c1OCc1ccc(C)cc1. The van der Waals surface area contributed by atoms with Crippen molar-refractivity contribution >= 4 is 11.6 Å². The van der Waals surface area contributed by atoms with Crippen molar-refractivity contribution in [2.24, 2.45) is 0 Å². The molecule has 0 radical (unpaired) electrons. The quantitative estimate of drug-likeness (QED) is 0.488. The molecule has 3 nitrogen and oxygen atoms in total. The lowest BCUT2D eigenvalue weighted by atomic mass is 10.1. The van der Waals surface area contributed by atoms with E-state index < -0.39 is 0 Å². The molecular weight excluding hydrogens is 370 g/mol. The van der Waals surface area contributed by atoms with Gasteiger partial charge in [-0.05, 0) is 42.7 Å². The van der Waals surface area contributed by atoms with Crippen molar-refractivity contribution in [1.29, 1.82) is 0 Å². The Morgan fingerprint density at radius 3 is 2.25 bits per heavy atom. The highest BCUT2D eigenvalue weighted by atomic mass is 35.5. The molecule has 0 unspecified atom stereocenters. The smallest absolute Gasteiger partial charge is 0.180 e. The van der Waals surface area contributed by atoms with Crippen LogP contribution in [0.1, 0.15) is 29.2 Å². The van der Waals surface area contributed by atoms with Crippen molar-refractivity contribution in [3.63, 3.8) is 0 Å². The Morgan fingerprint density at radius 1 is 0.821 bits per heavy atom. The van der Waals surface area contributed by atoms with E-state index in [0.29, 0.717) is 36.3 Å². The maximum Gasteiger partial charge on any atom is 0.180 e. The summed E-state index contributed by atoms with van der Waals surface area (Å²) < 4.78 is 11.8. The molecule has 3 rings (SSSR count). The van der Waals surface area contributed by atoms with Gasteiger partial charge in [0.05, 0.1) is 11.6 Å². The van der Waals surface area contributed by atoms with E-state index in [2.05, 4.69) is 48.6 Å². The van der Waals surface area contributed by atoms with Gasteiger partial charge >= 0.3 is 0 Å². The highest BCUT2D eigenvalue weighted by Gasteiger charge is 2.13. The van der Waals surface area contributed by atoms with Crippen LogP contribution in [-0.4, -0.2) is 6.61 Å². The fourth-order valence-corrected chi connectivity index (χ4v) is 3.20. The van der Waals surface area contributed by atoms with E-state index in [1.54, 1.807) is 0 Å². The van der Waals surface area contributed by atoms with Gasteiger partial charge in [-0.3, -0.25) is 0 Å². The molecule has 3 aromatic rings. The van der Waals surface area contributed by atoms with Crippen LogP contribution in [0.25, 0.3) is 0 Å². The van der Waals surface area contributed by atoms with Crippen LogP contribution in [0.3, 0.4) is 0 Å². The van der Waals surface area contributed by atoms with E-state index in [9.17, 15) is 0 Å². The normalized spacial score (nSPS) is 10.7. The molecule has 0 aliphatic carbocycles. The van der Waals surface area contributed by atoms with E-state index >= 15 is 0 Å². The van der Waals surface area contributed by atoms with Gasteiger partial charge in [0.1, 0.15) is 6.61 Å². The second-order valence-corrected chi connectivity index (χ2v) is 7.11. The molecular formula is C24H26ClNO2. The van der Waals surface area contributed by atoms with E-state index in [0.717, 1.165) is 17.7 Å². The monoisotopic (exact) mass is 395 g/mol. The molecule has 0 aromatic heterocycles. The van der Waals surface area contributed by atoms with E-state index in [-0.39, 0.29) is 0 Å². The highest BCUT2D eigenvalue weighted by Crippen LogP contribution is 2.37. The zero-order chi connectivity index (χ0) is 19.8. The van der Waals surface area contributed by atoms with Crippen molar-refractivity contribution in [1.82, 2.24) is 5.32 Å². The summed E-state index contributed by atoms with van der Waals surface area (Å²) in [6.45, 7) is 6.53. The highest BCUT2D eigenvalue weighted by molar-refractivity contribution is 6.32. The summed E-state index contributed by atoms with van der Waals surface area (Å²) in [5.74, 6) is 1.27. The van der Waals surface area contributed by atoms with Gasteiger partial charge in [0, 0.05) is 13.1 Å². The number of ether oxygens (including phenoxy) is 2. The molecule has 3 aromatic carbocycles. The van der Waals surface area contributed by atoms with Crippen molar-refractivity contribution < 1.29 is 9.47 Å². The van der Waals surface area contributed by atoms with Crippen molar-refractivity contribution in [3.05, 3.63) is 94.0 Å². The average molecular weight is 396 g/mol. The van der Waals surface area contributed by atoms with E-state index in [1.807, 2.05) is 37.3 Å². The maximum absolute atomic E-state index is 6.52. The first kappa shape index (κ1) is 20.2. The van der Waals surface area contributed by atoms with Crippen LogP contribution in [0.5, 0.6) is 11.5 Å². The van der Waals surface area contributed by atoms with Crippen molar-refractivity contribution in [3.8, 4) is 11.5 Å². The molecule has 0 spiro atoms. The Morgan fingerprint density at radius 2 is 1.54 bits per heavy atom. The number of aryl methyl sites for hydroxylation is 1. The fraction of sp³-hybridized carbons (Fsp3) is 0.250. The Kier molecular flexibility index (Phi) is 7.35. The van der Waals surface area contributed by atoms with Crippen LogP contribution in [0.4, 0.5) is 0 Å². The molecule has 1 N–H and O–H groups in total. The zero-order valence-electron chi connectivity index (χ0n) is 16.4. The minimum absolute atomic E-state index is 0.450. The number of hydrogen-bond acceptors (Lipinski definition) is 3. The molecule has 146 valence electrons. The van der Waals surface area contributed by atoms with Crippen molar-refractivity contribution in [2.75, 3.05) is 6.61 Å². The molecule has 28 heavy (non-hydrogen) atoms. The Bertz CT molecular complexity index is 879. The van der Waals surface area contributed by atoms with Crippen LogP contribution in [0.15, 0.2) is 66.7 Å². The van der Waals surface area contributed by atoms with E-state index in [4.69, 9.17) is 21.1 Å². The number of hydrogen-bond donors (Lipinski definition) is 1. The molecule has 0 saturated carbocycles. The van der Waals surface area contributed by atoms with Crippen LogP contribution >= 0.6 is 11.6 Å². The van der Waals surface area contributed by atoms with Crippen molar-refractivity contribution in [2.45, 2.75) is 33.5 Å². The Hall–Kier alpha value is -2.49. The minimum atomic E-state index is 0.450. The predicted octanol–water partition coefficient (Wildman–Crippen LogP) is 5.92. The van der Waals surface area contributed by atoms with Gasteiger partial charge in [-0.25, -0.2) is 0 Å². The minimum Gasteiger partial charge on any atom is -0.490 e. The molecule has 0 fully saturated rings. The number of halogens is 1. The second kappa shape index (κ2) is 10.2. The predicted molar refractivity (Wildman–Crippen MR) is 115 cm³/mol. The molecule has 0 aliphatic rings. The molecule has 0 atom stereocenters. The largest absolute Gasteiger partial charge is 0.490 e. The molecule has 0 aliphatic heterocycles. The third-order valence-electron chi connectivity index (χ3n) is 4.37. The molecule has 4 heteroatoms. The van der Waals surface area contributed by atoms with E-state index in [1.165, 1.54) is 11.1 Å². The summed E-state index contributed by atoms with van der Waals surface area (Å²) in [7, 11) is 0. The Labute approximate surface area is 172 Å². The molecule has 0 amide bonds. The first-order valence-electron chi connectivity index (χ1n) is 9.54. The third-order valence-corrected chi connectivity index (χ3v) is 4.65. The van der Waals surface area contributed by atoms with Gasteiger partial charge in [0.2, 0.25) is 0 Å². The molecule has 0 saturated heterocycles. The summed E-state index contributed by atoms with van der Waals surface area (Å²) in [5.41, 5.74) is 4.63. The first-order valence-corrected chi connectivity index (χ1v) is 9.91. The summed E-state index contributed by atoms with van der Waals surface area (Å²) in [5, 5.41) is 4.01. The van der Waals surface area contributed by atoms with Crippen LogP contribution in [0.2, 0.25) is 5.02 Å². The maximum atomic E-state index is 6.52. The Balaban J connectivity index is 1.67. The van der Waals surface area contributed by atoms with Gasteiger partial charge < -0.3 is 14.8 Å². The van der Waals surface area contributed by atoms with Crippen LogP contribution < -0.4 is 14.8 Å². The first-order chi connectivity index (χ1) is 13.7. The summed E-state index contributed by atoms with van der Waals surface area (Å²) >= 11 is 6.52. The summed E-state index contributed by atoms with van der Waals surface area (Å²) in [4.78, 5) is 0. The lowest BCUT2D eigenvalue weighted by molar-refractivity contribution is 0.269. The van der Waals surface area contributed by atoms with Gasteiger partial charge in [0.25, 0.3) is 0 Å². The zero-order valence-corrected chi connectivity index (χ0v) is 17.1. The van der Waals surface area contributed by atoms with Gasteiger partial charge in [-0.1, -0.05) is 71.8 Å². The standard InChI is InChI=1S/C24H26ClNO2/c1-3-27-23-14-21(16-26-15-19-7-5-4-6-8-19)13-22(25)24(23)28-17-20-11-9-18(2)10-12-20/h4-14,26H,3,15-17H2,1-2H3. The second-order valence-electron chi connectivity index (χ2n) is 6.70. The lowest BCUT2D eigenvalue weighted by Gasteiger charge is -2.16. The summed E-state index contributed by atoms with van der Waals surface area (Å²) in [6.07, 6.45) is 0. The lowest BCUT2D eigenvalue weighted by Crippen LogP contribution is -2.13. The van der Waals surface area contributed by atoms with Gasteiger partial charge in [-0.15, -0.1) is 0 Å². The molecule has 0 bridgehead atoms. The number of rotatable bonds is 9. The van der Waals surface area contributed by atoms with Gasteiger partial charge in [0.15, 0.2) is 11.5 Å². The number of nitrogens with one attached hydrogen (secondary N) is 1. The van der Waals surface area contributed by atoms with Crippen LogP contribution in [-0.2, 0) is 19.7 Å². The average Bonchev–Trinajstić information content (AvgIpc) is 2.70. The van der Waals surface area contributed by atoms with Crippen LogP contribution in [0, 0.1) is 6.92 Å². The topological polar surface area (TPSA) is 30.5 Å². The third kappa shape index (κ3) is 5.75. The molecule has 0 heterocycles. The fourth-order valence-electron chi connectivity index (χ4n) is 2.91.